The van der Waals surface area contributed by atoms with E-state index < -0.39 is 19.5 Å². The number of hydrogen-bond acceptors (Lipinski definition) is 2. The number of aliphatic carboxylic acids is 1. The minimum absolute atomic E-state index is 0.317. The van der Waals surface area contributed by atoms with Gasteiger partial charge in [0.25, 0.3) is 0 Å². The highest BCUT2D eigenvalue weighted by Gasteiger charge is 2.44. The molecule has 0 aliphatic heterocycles. The van der Waals surface area contributed by atoms with Gasteiger partial charge in [0.2, 0.25) is 0 Å². The maximum absolute atomic E-state index is 12.1. The molecule has 0 saturated heterocycles. The zero-order valence-corrected chi connectivity index (χ0v) is 18.0. The molecule has 0 aliphatic carbocycles. The monoisotopic (exact) mass is 432 g/mol. The van der Waals surface area contributed by atoms with Crippen LogP contribution < -0.4 is 9.92 Å². The molecule has 0 spiro atoms. The number of carbonyl (C=O) groups is 1. The van der Waals surface area contributed by atoms with E-state index in [9.17, 15) is 9.90 Å². The first-order valence-electron chi connectivity index (χ1n) is 8.55. The summed E-state index contributed by atoms with van der Waals surface area (Å²) < 4.78 is 6.71. The molecule has 0 radical (unpaired) electrons. The molecule has 2 rings (SSSR count). The molecule has 0 fully saturated rings. The highest BCUT2D eigenvalue weighted by atomic mass is 79.9. The number of carboxylic acids is 1. The predicted molar refractivity (Wildman–Crippen MR) is 113 cm³/mol. The first kappa shape index (κ1) is 20.5. The molecular weight excluding hydrogens is 408 g/mol. The Morgan fingerprint density at radius 2 is 1.85 bits per heavy atom. The average Bonchev–Trinajstić information content (AvgIpc) is 2.61. The van der Waals surface area contributed by atoms with Crippen LogP contribution in [0.5, 0.6) is 5.75 Å². The van der Waals surface area contributed by atoms with Crippen molar-refractivity contribution < 1.29 is 14.6 Å². The lowest BCUT2D eigenvalue weighted by Gasteiger charge is -2.37. The summed E-state index contributed by atoms with van der Waals surface area (Å²) in [7, 11) is -2.16. The van der Waals surface area contributed by atoms with Crippen molar-refractivity contribution in [2.24, 2.45) is 5.41 Å². The first-order valence-corrected chi connectivity index (χ1v) is 12.3. The summed E-state index contributed by atoms with van der Waals surface area (Å²) in [5.41, 5.74) is -1.03. The summed E-state index contributed by atoms with van der Waals surface area (Å²) in [6, 6.07) is 17.6. The van der Waals surface area contributed by atoms with Crippen LogP contribution in [0.1, 0.15) is 13.3 Å². The van der Waals surface area contributed by atoms with Gasteiger partial charge >= 0.3 is 5.97 Å². The first-order chi connectivity index (χ1) is 12.2. The van der Waals surface area contributed by atoms with Crippen LogP contribution in [-0.4, -0.2) is 25.8 Å². The van der Waals surface area contributed by atoms with Crippen molar-refractivity contribution >= 4 is 35.2 Å². The number of halogens is 1. The Hall–Kier alpha value is -1.85. The Balaban J connectivity index is 2.17. The van der Waals surface area contributed by atoms with Crippen LogP contribution >= 0.6 is 15.9 Å². The van der Waals surface area contributed by atoms with Crippen LogP contribution in [0.4, 0.5) is 0 Å². The molecule has 0 heterocycles. The topological polar surface area (TPSA) is 46.5 Å². The minimum atomic E-state index is -2.16. The Morgan fingerprint density at radius 1 is 1.19 bits per heavy atom. The molecule has 138 valence electrons. The number of carboxylic acid groups (broad SMARTS) is 1. The Labute approximate surface area is 164 Å². The van der Waals surface area contributed by atoms with E-state index in [0.717, 1.165) is 15.4 Å². The van der Waals surface area contributed by atoms with E-state index in [-0.39, 0.29) is 0 Å². The summed E-state index contributed by atoms with van der Waals surface area (Å²) >= 11 is 3.41. The second-order valence-corrected chi connectivity index (χ2v) is 12.5. The van der Waals surface area contributed by atoms with Gasteiger partial charge in [0, 0.05) is 10.9 Å². The Morgan fingerprint density at radius 3 is 2.42 bits per heavy atom. The molecule has 0 aliphatic rings. The van der Waals surface area contributed by atoms with Crippen molar-refractivity contribution in [2.75, 3.05) is 6.61 Å². The summed E-state index contributed by atoms with van der Waals surface area (Å²) in [4.78, 5) is 12.1. The van der Waals surface area contributed by atoms with E-state index in [4.69, 9.17) is 4.74 Å². The van der Waals surface area contributed by atoms with E-state index in [2.05, 4.69) is 47.7 Å². The third-order valence-corrected chi connectivity index (χ3v) is 9.39. The van der Waals surface area contributed by atoms with Gasteiger partial charge in [0.1, 0.15) is 13.8 Å². The van der Waals surface area contributed by atoms with Gasteiger partial charge in [-0.3, -0.25) is 4.79 Å². The molecule has 1 N–H and O–H groups in total. The van der Waals surface area contributed by atoms with Gasteiger partial charge in [0.05, 0.1) is 12.0 Å². The van der Waals surface area contributed by atoms with Crippen molar-refractivity contribution in [3.05, 3.63) is 70.8 Å². The lowest BCUT2D eigenvalue weighted by atomic mass is 9.87. The van der Waals surface area contributed by atoms with Crippen molar-refractivity contribution in [1.29, 1.82) is 0 Å². The fourth-order valence-corrected chi connectivity index (χ4v) is 6.40. The van der Waals surface area contributed by atoms with Gasteiger partial charge in [-0.25, -0.2) is 0 Å². The van der Waals surface area contributed by atoms with Crippen LogP contribution in [0, 0.1) is 5.41 Å². The standard InChI is InChI=1S/C21H25BrO3Si/c1-16(26(3,4)19-11-6-5-7-12-19)21(2,20(23)24)13-14-25-18-10-8-9-17(22)15-18/h5-12,15H,1,13-14H2,2-4H3,(H,23,24). The van der Waals surface area contributed by atoms with Gasteiger partial charge < -0.3 is 9.84 Å². The maximum atomic E-state index is 12.1. The minimum Gasteiger partial charge on any atom is -0.494 e. The summed E-state index contributed by atoms with van der Waals surface area (Å²) in [6.07, 6.45) is 0.372. The van der Waals surface area contributed by atoms with E-state index in [1.807, 2.05) is 42.5 Å². The lowest BCUT2D eigenvalue weighted by Crippen LogP contribution is -2.51. The van der Waals surface area contributed by atoms with Crippen LogP contribution in [0.2, 0.25) is 13.1 Å². The Bertz CT molecular complexity index is 789. The lowest BCUT2D eigenvalue weighted by molar-refractivity contribution is -0.146. The van der Waals surface area contributed by atoms with Crippen LogP contribution in [0.15, 0.2) is 70.8 Å². The summed E-state index contributed by atoms with van der Waals surface area (Å²) in [5.74, 6) is -0.130. The zero-order valence-electron chi connectivity index (χ0n) is 15.5. The molecule has 0 bridgehead atoms. The zero-order chi connectivity index (χ0) is 19.4. The fraction of sp³-hybridized carbons (Fsp3) is 0.286. The molecule has 5 heteroatoms. The molecule has 26 heavy (non-hydrogen) atoms. The fourth-order valence-electron chi connectivity index (χ4n) is 3.04. The van der Waals surface area contributed by atoms with Gasteiger partial charge in [0.15, 0.2) is 0 Å². The molecule has 2 aromatic rings. The molecule has 3 nitrogen and oxygen atoms in total. The largest absolute Gasteiger partial charge is 0.494 e. The van der Waals surface area contributed by atoms with Crippen LogP contribution in [0.3, 0.4) is 0 Å². The van der Waals surface area contributed by atoms with E-state index in [0.29, 0.717) is 13.0 Å². The van der Waals surface area contributed by atoms with Gasteiger partial charge in [-0.05, 0) is 25.1 Å². The quantitative estimate of drug-likeness (QED) is 0.595. The molecule has 2 aromatic carbocycles. The number of ether oxygens (including phenoxy) is 1. The van der Waals surface area contributed by atoms with Crippen molar-refractivity contribution in [2.45, 2.75) is 26.4 Å². The number of rotatable bonds is 8. The van der Waals surface area contributed by atoms with E-state index >= 15 is 0 Å². The predicted octanol–water partition coefficient (Wildman–Crippen LogP) is 5.02. The molecule has 1 atom stereocenters. The molecule has 1 unspecified atom stereocenters. The summed E-state index contributed by atoms with van der Waals surface area (Å²) in [5, 5.41) is 11.9. The van der Waals surface area contributed by atoms with E-state index in [1.165, 1.54) is 5.19 Å². The second-order valence-electron chi connectivity index (χ2n) is 7.16. The van der Waals surface area contributed by atoms with Crippen molar-refractivity contribution in [3.8, 4) is 5.75 Å². The molecule has 0 saturated carbocycles. The Kier molecular flexibility index (Phi) is 6.47. The van der Waals surface area contributed by atoms with Gasteiger partial charge in [-0.1, -0.05) is 75.8 Å². The second kappa shape index (κ2) is 8.23. The number of benzene rings is 2. The average molecular weight is 433 g/mol. The molecule has 0 aromatic heterocycles. The summed E-state index contributed by atoms with van der Waals surface area (Å²) in [6.45, 7) is 10.6. The van der Waals surface area contributed by atoms with Crippen molar-refractivity contribution in [1.82, 2.24) is 0 Å². The van der Waals surface area contributed by atoms with Crippen LogP contribution in [0.25, 0.3) is 0 Å². The third-order valence-electron chi connectivity index (χ3n) is 5.05. The molecular formula is C21H25BrO3Si. The smallest absolute Gasteiger partial charge is 0.313 e. The van der Waals surface area contributed by atoms with Gasteiger partial charge in [-0.2, -0.15) is 0 Å². The van der Waals surface area contributed by atoms with Crippen molar-refractivity contribution in [3.63, 3.8) is 0 Å². The normalized spacial score (nSPS) is 13.7. The number of hydrogen-bond donors (Lipinski definition) is 1. The third kappa shape index (κ3) is 4.46. The highest BCUT2D eigenvalue weighted by Crippen LogP contribution is 2.36. The van der Waals surface area contributed by atoms with Gasteiger partial charge in [-0.15, -0.1) is 6.58 Å². The van der Waals surface area contributed by atoms with E-state index in [1.54, 1.807) is 6.92 Å². The molecule has 0 amide bonds. The SMILES string of the molecule is C=C(C(C)(CCOc1cccc(Br)c1)C(=O)O)[Si](C)(C)c1ccccc1. The highest BCUT2D eigenvalue weighted by molar-refractivity contribution is 9.10. The van der Waals surface area contributed by atoms with Crippen LogP contribution in [-0.2, 0) is 4.79 Å². The maximum Gasteiger partial charge on any atom is 0.313 e.